The van der Waals surface area contributed by atoms with E-state index in [-0.39, 0.29) is 16.1 Å². The number of anilines is 1. The molecule has 7 heteroatoms. The third kappa shape index (κ3) is 3.30. The summed E-state index contributed by atoms with van der Waals surface area (Å²) in [5, 5.41) is 8.79. The van der Waals surface area contributed by atoms with Crippen molar-refractivity contribution in [3.63, 3.8) is 0 Å². The minimum Gasteiger partial charge on any atom is -0.497 e. The van der Waals surface area contributed by atoms with E-state index in [1.165, 1.54) is 43.5 Å². The fraction of sp³-hybridized carbons (Fsp3) is 0.0714. The summed E-state index contributed by atoms with van der Waals surface area (Å²) in [5.74, 6) is -0.407. The number of nitrogens with one attached hydrogen (secondary N) is 1. The molecule has 2 aromatic rings. The van der Waals surface area contributed by atoms with Crippen LogP contribution in [0.15, 0.2) is 47.4 Å². The number of rotatable bonds is 4. The minimum absolute atomic E-state index is 0.122. The van der Waals surface area contributed by atoms with E-state index in [1.54, 1.807) is 0 Å². The highest BCUT2D eigenvalue weighted by molar-refractivity contribution is 7.92. The van der Waals surface area contributed by atoms with Crippen LogP contribution in [0.4, 0.5) is 10.1 Å². The third-order valence-corrected chi connectivity index (χ3v) is 4.05. The molecule has 0 aromatic heterocycles. The van der Waals surface area contributed by atoms with Crippen molar-refractivity contribution in [3.8, 4) is 11.8 Å². The van der Waals surface area contributed by atoms with Crippen LogP contribution in [0.2, 0.25) is 0 Å². The molecule has 2 rings (SSSR count). The van der Waals surface area contributed by atoms with E-state index in [4.69, 9.17) is 10.00 Å². The summed E-state index contributed by atoms with van der Waals surface area (Å²) in [6, 6.07) is 11.0. The van der Waals surface area contributed by atoms with Crippen molar-refractivity contribution >= 4 is 15.7 Å². The monoisotopic (exact) mass is 306 g/mol. The second-order valence-corrected chi connectivity index (χ2v) is 5.77. The molecule has 1 N–H and O–H groups in total. The van der Waals surface area contributed by atoms with Gasteiger partial charge in [0.15, 0.2) is 0 Å². The Bertz CT molecular complexity index is 813. The minimum atomic E-state index is -3.99. The number of methoxy groups -OCH3 is 1. The summed E-state index contributed by atoms with van der Waals surface area (Å²) in [5.41, 5.74) is -0.0271. The van der Waals surface area contributed by atoms with Crippen molar-refractivity contribution in [3.05, 3.63) is 53.8 Å². The number of hydrogen-bond donors (Lipinski definition) is 1. The van der Waals surface area contributed by atoms with E-state index in [1.807, 2.05) is 6.07 Å². The fourth-order valence-corrected chi connectivity index (χ4v) is 2.75. The van der Waals surface area contributed by atoms with E-state index in [2.05, 4.69) is 4.72 Å². The topological polar surface area (TPSA) is 79.2 Å². The number of hydrogen-bond acceptors (Lipinski definition) is 4. The van der Waals surface area contributed by atoms with Crippen LogP contribution in [0.25, 0.3) is 0 Å². The van der Waals surface area contributed by atoms with Crippen LogP contribution in [0.3, 0.4) is 0 Å². The highest BCUT2D eigenvalue weighted by Crippen LogP contribution is 2.24. The van der Waals surface area contributed by atoms with Gasteiger partial charge >= 0.3 is 0 Å². The summed E-state index contributed by atoms with van der Waals surface area (Å²) >= 11 is 0. The van der Waals surface area contributed by atoms with Gasteiger partial charge in [-0.3, -0.25) is 4.72 Å². The van der Waals surface area contributed by atoms with E-state index < -0.39 is 15.8 Å². The van der Waals surface area contributed by atoms with Crippen LogP contribution in [0, 0.1) is 17.1 Å². The maximum Gasteiger partial charge on any atom is 0.262 e. The van der Waals surface area contributed by atoms with Gasteiger partial charge in [-0.25, -0.2) is 12.8 Å². The van der Waals surface area contributed by atoms with Crippen molar-refractivity contribution < 1.29 is 17.5 Å². The van der Waals surface area contributed by atoms with Gasteiger partial charge in [0.2, 0.25) is 0 Å². The maximum absolute atomic E-state index is 13.7. The molecule has 2 aromatic carbocycles. The Hall–Kier alpha value is -2.59. The van der Waals surface area contributed by atoms with Gasteiger partial charge in [0.25, 0.3) is 10.0 Å². The normalized spacial score (nSPS) is 10.7. The van der Waals surface area contributed by atoms with Crippen molar-refractivity contribution in [1.29, 1.82) is 5.26 Å². The molecule has 0 atom stereocenters. The van der Waals surface area contributed by atoms with Crippen LogP contribution >= 0.6 is 0 Å². The second-order valence-electron chi connectivity index (χ2n) is 4.09. The van der Waals surface area contributed by atoms with E-state index in [0.717, 1.165) is 6.07 Å². The Morgan fingerprint density at radius 3 is 2.67 bits per heavy atom. The van der Waals surface area contributed by atoms with Gasteiger partial charge in [0.05, 0.1) is 29.3 Å². The molecule has 0 aliphatic carbocycles. The first-order chi connectivity index (χ1) is 9.96. The van der Waals surface area contributed by atoms with Crippen LogP contribution in [0.5, 0.6) is 5.75 Å². The molecule has 0 unspecified atom stereocenters. The lowest BCUT2D eigenvalue weighted by molar-refractivity contribution is 0.414. The second kappa shape index (κ2) is 5.81. The molecule has 0 amide bonds. The van der Waals surface area contributed by atoms with Gasteiger partial charge in [-0.05, 0) is 30.3 Å². The van der Waals surface area contributed by atoms with Crippen LogP contribution < -0.4 is 9.46 Å². The van der Waals surface area contributed by atoms with Crippen molar-refractivity contribution in [2.24, 2.45) is 0 Å². The Labute approximate surface area is 121 Å². The zero-order valence-corrected chi connectivity index (χ0v) is 11.8. The molecule has 21 heavy (non-hydrogen) atoms. The fourth-order valence-electron chi connectivity index (χ4n) is 1.65. The molecule has 0 radical (unpaired) electrons. The third-order valence-electron chi connectivity index (χ3n) is 2.69. The molecule has 108 valence electrons. The summed E-state index contributed by atoms with van der Waals surface area (Å²) in [6.45, 7) is 0. The Kier molecular flexibility index (Phi) is 4.10. The first-order valence-corrected chi connectivity index (χ1v) is 7.31. The zero-order chi connectivity index (χ0) is 15.5. The van der Waals surface area contributed by atoms with Gasteiger partial charge in [-0.1, -0.05) is 6.07 Å². The number of halogens is 1. The molecule has 0 bridgehead atoms. The van der Waals surface area contributed by atoms with Gasteiger partial charge in [0.1, 0.15) is 11.6 Å². The standard InChI is InChI=1S/C14H11FN2O3S/c1-20-11-5-6-13(15)14(8-11)17-21(18,19)12-4-2-3-10(7-12)9-16/h2-8,17H,1H3. The largest absolute Gasteiger partial charge is 0.497 e. The van der Waals surface area contributed by atoms with Gasteiger partial charge in [0, 0.05) is 6.07 Å². The summed E-state index contributed by atoms with van der Waals surface area (Å²) in [7, 11) is -2.60. The molecule has 5 nitrogen and oxygen atoms in total. The van der Waals surface area contributed by atoms with E-state index in [0.29, 0.717) is 5.75 Å². The number of nitriles is 1. The summed E-state index contributed by atoms with van der Waals surface area (Å²) in [4.78, 5) is -0.122. The molecular formula is C14H11FN2O3S. The molecule has 0 saturated heterocycles. The maximum atomic E-state index is 13.7. The average Bonchev–Trinajstić information content (AvgIpc) is 2.49. The molecular weight excluding hydrogens is 295 g/mol. The molecule has 0 saturated carbocycles. The number of ether oxygens (including phenoxy) is 1. The quantitative estimate of drug-likeness (QED) is 0.941. The van der Waals surface area contributed by atoms with Gasteiger partial charge in [-0.15, -0.1) is 0 Å². The number of benzene rings is 2. The molecule has 0 aliphatic heterocycles. The van der Waals surface area contributed by atoms with Crippen molar-refractivity contribution in [2.75, 3.05) is 11.8 Å². The molecule has 0 heterocycles. The van der Waals surface area contributed by atoms with Crippen LogP contribution in [-0.2, 0) is 10.0 Å². The predicted molar refractivity (Wildman–Crippen MR) is 74.9 cm³/mol. The molecule has 0 aliphatic rings. The van der Waals surface area contributed by atoms with Gasteiger partial charge < -0.3 is 4.74 Å². The summed E-state index contributed by atoms with van der Waals surface area (Å²) in [6.07, 6.45) is 0. The van der Waals surface area contributed by atoms with Crippen molar-refractivity contribution in [2.45, 2.75) is 4.90 Å². The van der Waals surface area contributed by atoms with E-state index in [9.17, 15) is 12.8 Å². The Morgan fingerprint density at radius 1 is 1.24 bits per heavy atom. The lowest BCUT2D eigenvalue weighted by Gasteiger charge is -2.10. The Morgan fingerprint density at radius 2 is 2.00 bits per heavy atom. The molecule has 0 fully saturated rings. The SMILES string of the molecule is COc1ccc(F)c(NS(=O)(=O)c2cccc(C#N)c2)c1. The zero-order valence-electron chi connectivity index (χ0n) is 11.0. The lowest BCUT2D eigenvalue weighted by atomic mass is 10.2. The first-order valence-electron chi connectivity index (χ1n) is 5.83. The summed E-state index contributed by atoms with van der Waals surface area (Å²) < 4.78 is 45.1. The first kappa shape index (κ1) is 14.8. The van der Waals surface area contributed by atoms with Crippen LogP contribution in [-0.4, -0.2) is 15.5 Å². The average molecular weight is 306 g/mol. The van der Waals surface area contributed by atoms with Crippen LogP contribution in [0.1, 0.15) is 5.56 Å². The molecule has 0 spiro atoms. The smallest absolute Gasteiger partial charge is 0.262 e. The van der Waals surface area contributed by atoms with Crippen molar-refractivity contribution in [1.82, 2.24) is 0 Å². The number of nitrogens with zero attached hydrogens (tertiary/aromatic N) is 1. The van der Waals surface area contributed by atoms with Gasteiger partial charge in [-0.2, -0.15) is 5.26 Å². The Balaban J connectivity index is 2.40. The van der Waals surface area contributed by atoms with E-state index >= 15 is 0 Å². The number of sulfonamides is 1. The predicted octanol–water partition coefficient (Wildman–Crippen LogP) is 2.51. The highest BCUT2D eigenvalue weighted by atomic mass is 32.2. The lowest BCUT2D eigenvalue weighted by Crippen LogP contribution is -2.14. The highest BCUT2D eigenvalue weighted by Gasteiger charge is 2.17.